The molecule has 11 heteroatoms. The van der Waals surface area contributed by atoms with Crippen molar-refractivity contribution in [3.8, 4) is 0 Å². The molecule has 1 saturated carbocycles. The van der Waals surface area contributed by atoms with Crippen molar-refractivity contribution >= 4 is 24.6 Å². The summed E-state index contributed by atoms with van der Waals surface area (Å²) in [4.78, 5) is 22.4. The van der Waals surface area contributed by atoms with Gasteiger partial charge in [-0.1, -0.05) is 96.3 Å². The van der Waals surface area contributed by atoms with E-state index in [2.05, 4.69) is 15.0 Å². The molecule has 1 aliphatic rings. The summed E-state index contributed by atoms with van der Waals surface area (Å²) >= 11 is 0. The topological polar surface area (TPSA) is 135 Å². The van der Waals surface area contributed by atoms with Gasteiger partial charge in [0.1, 0.15) is 18.2 Å². The maximum Gasteiger partial charge on any atom is 0.353 e. The van der Waals surface area contributed by atoms with Crippen molar-refractivity contribution in [2.75, 3.05) is 31.9 Å². The number of hydrogen-bond donors (Lipinski definition) is 2. The maximum atomic E-state index is 12.3. The SMILES string of the molecule is C[C@H](Cn1cnc2c(N)ncnc21)OCP(=O)(O)OCCOCCCCCCCCCCCCCCCC1CC1. The third-order valence-corrected chi connectivity index (χ3v) is 8.59. The Kier molecular flexibility index (Phi) is 15.5. The van der Waals surface area contributed by atoms with Gasteiger partial charge >= 0.3 is 7.60 Å². The van der Waals surface area contributed by atoms with Crippen LogP contribution in [0.15, 0.2) is 12.7 Å². The Morgan fingerprint density at radius 3 is 2.20 bits per heavy atom. The molecule has 10 nitrogen and oxygen atoms in total. The molecule has 2 aromatic heterocycles. The number of unbranched alkanes of at least 4 members (excludes halogenated alkanes) is 12. The second kappa shape index (κ2) is 18.8. The van der Waals surface area contributed by atoms with Crippen LogP contribution in [-0.4, -0.2) is 56.7 Å². The van der Waals surface area contributed by atoms with E-state index in [1.54, 1.807) is 17.8 Å². The van der Waals surface area contributed by atoms with Crippen molar-refractivity contribution in [2.24, 2.45) is 5.92 Å². The van der Waals surface area contributed by atoms with Gasteiger partial charge in [-0.15, -0.1) is 0 Å². The molecular weight excluding hydrogens is 529 g/mol. The Bertz CT molecular complexity index is 1000. The predicted molar refractivity (Wildman–Crippen MR) is 159 cm³/mol. The molecule has 2 heterocycles. The Balaban J connectivity index is 1.07. The monoisotopic (exact) mass is 581 g/mol. The minimum Gasteiger partial charge on any atom is -0.382 e. The highest BCUT2D eigenvalue weighted by molar-refractivity contribution is 7.52. The maximum absolute atomic E-state index is 12.3. The van der Waals surface area contributed by atoms with Gasteiger partial charge in [-0.2, -0.15) is 0 Å². The van der Waals surface area contributed by atoms with Gasteiger partial charge in [-0.25, -0.2) is 15.0 Å². The molecule has 2 atom stereocenters. The van der Waals surface area contributed by atoms with Gasteiger partial charge in [-0.05, 0) is 19.3 Å². The molecule has 0 bridgehead atoms. The van der Waals surface area contributed by atoms with E-state index in [-0.39, 0.29) is 12.7 Å². The fraction of sp³-hybridized carbons (Fsp3) is 0.828. The Morgan fingerprint density at radius 2 is 1.55 bits per heavy atom. The molecule has 0 radical (unpaired) electrons. The van der Waals surface area contributed by atoms with Crippen molar-refractivity contribution in [3.05, 3.63) is 12.7 Å². The summed E-state index contributed by atoms with van der Waals surface area (Å²) in [5, 5.41) is 0. The van der Waals surface area contributed by atoms with Gasteiger partial charge in [0.15, 0.2) is 11.5 Å². The van der Waals surface area contributed by atoms with Gasteiger partial charge in [0, 0.05) is 6.61 Å². The van der Waals surface area contributed by atoms with Gasteiger partial charge < -0.3 is 29.2 Å². The molecule has 0 amide bonds. The highest BCUT2D eigenvalue weighted by Crippen LogP contribution is 2.41. The zero-order valence-electron chi connectivity index (χ0n) is 24.6. The van der Waals surface area contributed by atoms with Crippen LogP contribution >= 0.6 is 7.60 Å². The normalized spacial score (nSPS) is 15.9. The third kappa shape index (κ3) is 13.9. The lowest BCUT2D eigenvalue weighted by Crippen LogP contribution is -2.18. The number of nitrogens with two attached hydrogens (primary N) is 1. The van der Waals surface area contributed by atoms with Crippen molar-refractivity contribution in [1.82, 2.24) is 19.5 Å². The van der Waals surface area contributed by atoms with Crippen LogP contribution in [0.4, 0.5) is 5.82 Å². The number of rotatable bonds is 25. The predicted octanol–water partition coefficient (Wildman–Crippen LogP) is 6.86. The van der Waals surface area contributed by atoms with Crippen LogP contribution in [0.1, 0.15) is 110 Å². The zero-order valence-corrected chi connectivity index (χ0v) is 25.4. The van der Waals surface area contributed by atoms with Crippen LogP contribution in [0.25, 0.3) is 11.2 Å². The summed E-state index contributed by atoms with van der Waals surface area (Å²) in [6.07, 6.45) is 24.1. The average molecular weight is 582 g/mol. The highest BCUT2D eigenvalue weighted by Gasteiger charge is 2.22. The van der Waals surface area contributed by atoms with Crippen LogP contribution in [0.5, 0.6) is 0 Å². The van der Waals surface area contributed by atoms with E-state index in [1.165, 1.54) is 96.2 Å². The van der Waals surface area contributed by atoms with E-state index >= 15 is 0 Å². The largest absolute Gasteiger partial charge is 0.382 e. The first-order chi connectivity index (χ1) is 19.4. The van der Waals surface area contributed by atoms with Crippen molar-refractivity contribution in [2.45, 2.75) is 122 Å². The minimum atomic E-state index is -3.86. The van der Waals surface area contributed by atoms with E-state index in [1.807, 2.05) is 0 Å². The Hall–Kier alpha value is -1.58. The summed E-state index contributed by atoms with van der Waals surface area (Å²) in [6.45, 7) is 3.21. The molecule has 40 heavy (non-hydrogen) atoms. The first-order valence-corrected chi connectivity index (χ1v) is 17.3. The first kappa shape index (κ1) is 32.9. The molecule has 2 aromatic rings. The molecule has 0 saturated heterocycles. The number of nitrogens with zero attached hydrogens (tertiary/aromatic N) is 4. The average Bonchev–Trinajstić information content (AvgIpc) is 3.67. The van der Waals surface area contributed by atoms with Crippen LogP contribution in [0, 0.1) is 5.92 Å². The fourth-order valence-electron chi connectivity index (χ4n) is 4.95. The molecule has 3 rings (SSSR count). The van der Waals surface area contributed by atoms with Crippen LogP contribution in [-0.2, 0) is 25.1 Å². The molecular formula is C29H52N5O5P. The van der Waals surface area contributed by atoms with Gasteiger partial charge in [0.2, 0.25) is 0 Å². The molecule has 0 spiro atoms. The van der Waals surface area contributed by atoms with E-state index in [0.717, 1.165) is 18.8 Å². The summed E-state index contributed by atoms with van der Waals surface area (Å²) in [5.41, 5.74) is 6.92. The van der Waals surface area contributed by atoms with Crippen molar-refractivity contribution in [3.63, 3.8) is 0 Å². The van der Waals surface area contributed by atoms with Crippen LogP contribution < -0.4 is 5.73 Å². The van der Waals surface area contributed by atoms with Gasteiger partial charge in [0.05, 0.1) is 32.2 Å². The lowest BCUT2D eigenvalue weighted by Gasteiger charge is -2.17. The number of hydrogen-bond acceptors (Lipinski definition) is 8. The number of anilines is 1. The number of nitrogen functional groups attached to an aromatic ring is 1. The first-order valence-electron chi connectivity index (χ1n) is 15.5. The summed E-state index contributed by atoms with van der Waals surface area (Å²) in [6, 6.07) is 0. The number of fused-ring (bicyclic) bond motifs is 1. The second-order valence-corrected chi connectivity index (χ2v) is 13.1. The Morgan fingerprint density at radius 1 is 0.925 bits per heavy atom. The second-order valence-electron chi connectivity index (χ2n) is 11.3. The fourth-order valence-corrected chi connectivity index (χ4v) is 5.83. The van der Waals surface area contributed by atoms with E-state index in [4.69, 9.17) is 19.7 Å². The molecule has 228 valence electrons. The molecule has 0 aromatic carbocycles. The molecule has 1 fully saturated rings. The molecule has 3 N–H and O–H groups in total. The minimum absolute atomic E-state index is 0.0638. The van der Waals surface area contributed by atoms with Crippen molar-refractivity contribution in [1.29, 1.82) is 0 Å². The van der Waals surface area contributed by atoms with Gasteiger partial charge in [-0.3, -0.25) is 4.57 Å². The third-order valence-electron chi connectivity index (χ3n) is 7.52. The van der Waals surface area contributed by atoms with Crippen LogP contribution in [0.3, 0.4) is 0 Å². The number of imidazole rings is 1. The smallest absolute Gasteiger partial charge is 0.353 e. The standard InChI is InChI=1S/C29H52N5O5P/c1-25(21-34-23-33-27-28(30)31-22-32-29(27)34)38-24-40(35,36)39-20-19-37-18-14-12-10-8-6-4-2-3-5-7-9-11-13-15-26-16-17-26/h22-23,25-26H,2-21,24H2,1H3,(H,35,36)(H2,30,31,32)/t25-/m1/s1. The van der Waals surface area contributed by atoms with Crippen molar-refractivity contribution < 1.29 is 23.5 Å². The number of ether oxygens (including phenoxy) is 2. The summed E-state index contributed by atoms with van der Waals surface area (Å²) < 4.78 is 30.3. The quantitative estimate of drug-likeness (QED) is 0.0952. The molecule has 1 aliphatic carbocycles. The van der Waals surface area contributed by atoms with E-state index in [0.29, 0.717) is 36.7 Å². The summed E-state index contributed by atoms with van der Waals surface area (Å²) in [7, 11) is -3.86. The van der Waals surface area contributed by atoms with Gasteiger partial charge in [0.25, 0.3) is 0 Å². The highest BCUT2D eigenvalue weighted by atomic mass is 31.2. The summed E-state index contributed by atoms with van der Waals surface area (Å²) in [5.74, 6) is 1.41. The lowest BCUT2D eigenvalue weighted by molar-refractivity contribution is 0.0610. The lowest BCUT2D eigenvalue weighted by atomic mass is 10.0. The molecule has 0 aliphatic heterocycles. The molecule has 1 unspecified atom stereocenters. The Labute approximate surface area is 240 Å². The number of aromatic nitrogens is 4. The zero-order chi connectivity index (χ0) is 28.5. The van der Waals surface area contributed by atoms with Crippen LogP contribution in [0.2, 0.25) is 0 Å². The van der Waals surface area contributed by atoms with E-state index in [9.17, 15) is 9.46 Å². The van der Waals surface area contributed by atoms with E-state index < -0.39 is 13.9 Å².